The number of carbonyl (C=O) groups is 1. The highest BCUT2D eigenvalue weighted by atomic mass is 32.1. The SMILES string of the molecule is COc1cccc(C(C)C(=O)N2CCc3c(sc(N)c3C#N)C2)c1. The van der Waals surface area contributed by atoms with Crippen LogP contribution in [-0.4, -0.2) is 24.5 Å². The van der Waals surface area contributed by atoms with Crippen LogP contribution < -0.4 is 10.5 Å². The fourth-order valence-electron chi connectivity index (χ4n) is 3.06. The number of benzene rings is 1. The molecular formula is C18H19N3O2S. The molecule has 1 amide bonds. The van der Waals surface area contributed by atoms with Crippen molar-refractivity contribution in [1.29, 1.82) is 5.26 Å². The number of amides is 1. The predicted molar refractivity (Wildman–Crippen MR) is 94.0 cm³/mol. The van der Waals surface area contributed by atoms with E-state index in [1.54, 1.807) is 7.11 Å². The van der Waals surface area contributed by atoms with Crippen LogP contribution in [0.2, 0.25) is 0 Å². The van der Waals surface area contributed by atoms with Crippen LogP contribution in [0.15, 0.2) is 24.3 Å². The maximum absolute atomic E-state index is 12.9. The zero-order valence-electron chi connectivity index (χ0n) is 13.7. The van der Waals surface area contributed by atoms with Crippen LogP contribution in [-0.2, 0) is 17.8 Å². The normalized spacial score (nSPS) is 14.6. The van der Waals surface area contributed by atoms with Gasteiger partial charge in [-0.2, -0.15) is 5.26 Å². The van der Waals surface area contributed by atoms with Crippen molar-refractivity contribution >= 4 is 22.2 Å². The summed E-state index contributed by atoms with van der Waals surface area (Å²) in [6.07, 6.45) is 0.683. The summed E-state index contributed by atoms with van der Waals surface area (Å²) in [5.74, 6) is 0.589. The molecule has 3 rings (SSSR count). The number of fused-ring (bicyclic) bond motifs is 1. The highest BCUT2D eigenvalue weighted by Gasteiger charge is 2.29. The fourth-order valence-corrected chi connectivity index (χ4v) is 4.15. The molecule has 0 spiro atoms. The molecule has 6 heteroatoms. The second-order valence-electron chi connectivity index (χ2n) is 5.86. The second-order valence-corrected chi connectivity index (χ2v) is 7.00. The van der Waals surface area contributed by atoms with Crippen molar-refractivity contribution in [2.24, 2.45) is 0 Å². The Morgan fingerprint density at radius 2 is 2.29 bits per heavy atom. The lowest BCUT2D eigenvalue weighted by Crippen LogP contribution is -2.38. The Labute approximate surface area is 145 Å². The van der Waals surface area contributed by atoms with Gasteiger partial charge >= 0.3 is 0 Å². The number of nitrogen functional groups attached to an aromatic ring is 1. The van der Waals surface area contributed by atoms with Crippen molar-refractivity contribution in [1.82, 2.24) is 4.90 Å². The van der Waals surface area contributed by atoms with Crippen LogP contribution in [0.3, 0.4) is 0 Å². The summed E-state index contributed by atoms with van der Waals surface area (Å²) in [5.41, 5.74) is 8.45. The van der Waals surface area contributed by atoms with Crippen LogP contribution in [0, 0.1) is 11.3 Å². The summed E-state index contributed by atoms with van der Waals surface area (Å²) in [4.78, 5) is 15.7. The van der Waals surface area contributed by atoms with E-state index in [9.17, 15) is 10.1 Å². The lowest BCUT2D eigenvalue weighted by molar-refractivity contribution is -0.133. The van der Waals surface area contributed by atoms with Gasteiger partial charge in [-0.15, -0.1) is 11.3 Å². The van der Waals surface area contributed by atoms with Gasteiger partial charge in [-0.25, -0.2) is 0 Å². The molecular weight excluding hydrogens is 322 g/mol. The number of ether oxygens (including phenoxy) is 1. The van der Waals surface area contributed by atoms with E-state index in [4.69, 9.17) is 10.5 Å². The Kier molecular flexibility index (Phi) is 4.45. The summed E-state index contributed by atoms with van der Waals surface area (Å²) in [7, 11) is 1.62. The van der Waals surface area contributed by atoms with Crippen molar-refractivity contribution in [3.05, 3.63) is 45.8 Å². The molecule has 1 aromatic carbocycles. The minimum atomic E-state index is -0.241. The molecule has 1 aliphatic heterocycles. The van der Waals surface area contributed by atoms with Crippen LogP contribution in [0.5, 0.6) is 5.75 Å². The number of hydrogen-bond acceptors (Lipinski definition) is 5. The van der Waals surface area contributed by atoms with Crippen molar-refractivity contribution in [3.8, 4) is 11.8 Å². The molecule has 0 saturated carbocycles. The third kappa shape index (κ3) is 2.83. The molecule has 24 heavy (non-hydrogen) atoms. The van der Waals surface area contributed by atoms with Crippen molar-refractivity contribution < 1.29 is 9.53 Å². The number of nitrogens with zero attached hydrogens (tertiary/aromatic N) is 2. The quantitative estimate of drug-likeness (QED) is 0.931. The Morgan fingerprint density at radius 1 is 1.50 bits per heavy atom. The van der Waals surface area contributed by atoms with Gasteiger partial charge in [-0.1, -0.05) is 12.1 Å². The summed E-state index contributed by atoms with van der Waals surface area (Å²) < 4.78 is 5.24. The first-order valence-electron chi connectivity index (χ1n) is 7.78. The van der Waals surface area contributed by atoms with E-state index < -0.39 is 0 Å². The first kappa shape index (κ1) is 16.3. The standard InChI is InChI=1S/C18H19N3O2S/c1-11(12-4-3-5-13(8-12)23-2)18(22)21-7-6-14-15(9-19)17(20)24-16(14)10-21/h3-5,8,11H,6-7,10,20H2,1-2H3. The number of nitriles is 1. The van der Waals surface area contributed by atoms with Crippen LogP contribution >= 0.6 is 11.3 Å². The van der Waals surface area contributed by atoms with Gasteiger partial charge < -0.3 is 15.4 Å². The molecule has 0 fully saturated rings. The third-order valence-electron chi connectivity index (χ3n) is 4.47. The van der Waals surface area contributed by atoms with Crippen LogP contribution in [0.4, 0.5) is 5.00 Å². The van der Waals surface area contributed by atoms with Gasteiger partial charge in [-0.3, -0.25) is 4.79 Å². The average Bonchev–Trinajstić information content (AvgIpc) is 2.94. The topological polar surface area (TPSA) is 79.3 Å². The predicted octanol–water partition coefficient (Wildman–Crippen LogP) is 2.90. The summed E-state index contributed by atoms with van der Waals surface area (Å²) in [6, 6.07) is 9.78. The van der Waals surface area contributed by atoms with E-state index in [2.05, 4.69) is 6.07 Å². The number of thiophene rings is 1. The smallest absolute Gasteiger partial charge is 0.230 e. The van der Waals surface area contributed by atoms with Gasteiger partial charge in [0.05, 0.1) is 25.1 Å². The molecule has 2 N–H and O–H groups in total. The maximum atomic E-state index is 12.9. The zero-order chi connectivity index (χ0) is 17.3. The molecule has 1 atom stereocenters. The number of rotatable bonds is 3. The van der Waals surface area contributed by atoms with Crippen molar-refractivity contribution in [2.45, 2.75) is 25.8 Å². The van der Waals surface area contributed by atoms with Crippen molar-refractivity contribution in [3.63, 3.8) is 0 Å². The summed E-state index contributed by atoms with van der Waals surface area (Å²) in [6.45, 7) is 3.06. The monoisotopic (exact) mass is 341 g/mol. The number of anilines is 1. The van der Waals surface area contributed by atoms with E-state index in [0.29, 0.717) is 30.1 Å². The first-order valence-corrected chi connectivity index (χ1v) is 8.59. The number of carbonyl (C=O) groups excluding carboxylic acids is 1. The Hall–Kier alpha value is -2.52. The van der Waals surface area contributed by atoms with E-state index >= 15 is 0 Å². The van der Waals surface area contributed by atoms with Crippen LogP contribution in [0.25, 0.3) is 0 Å². The Morgan fingerprint density at radius 3 is 3.00 bits per heavy atom. The molecule has 0 saturated heterocycles. The molecule has 0 bridgehead atoms. The lowest BCUT2D eigenvalue weighted by Gasteiger charge is -2.29. The fraction of sp³-hybridized carbons (Fsp3) is 0.333. The van der Waals surface area contributed by atoms with Gasteiger partial charge in [0.1, 0.15) is 16.8 Å². The second kappa shape index (κ2) is 6.54. The largest absolute Gasteiger partial charge is 0.497 e. The number of methoxy groups -OCH3 is 1. The minimum absolute atomic E-state index is 0.0828. The van der Waals surface area contributed by atoms with Gasteiger partial charge in [0.15, 0.2) is 0 Å². The third-order valence-corrected chi connectivity index (χ3v) is 5.52. The summed E-state index contributed by atoms with van der Waals surface area (Å²) >= 11 is 1.42. The highest BCUT2D eigenvalue weighted by Crippen LogP contribution is 2.35. The molecule has 0 aliphatic carbocycles. The minimum Gasteiger partial charge on any atom is -0.497 e. The zero-order valence-corrected chi connectivity index (χ0v) is 14.5. The number of hydrogen-bond donors (Lipinski definition) is 1. The lowest BCUT2D eigenvalue weighted by atomic mass is 9.97. The summed E-state index contributed by atoms with van der Waals surface area (Å²) in [5, 5.41) is 9.76. The van der Waals surface area contributed by atoms with Gasteiger partial charge in [0.25, 0.3) is 0 Å². The van der Waals surface area contributed by atoms with E-state index in [-0.39, 0.29) is 11.8 Å². The molecule has 1 aromatic heterocycles. The molecule has 1 unspecified atom stereocenters. The Balaban J connectivity index is 1.79. The van der Waals surface area contributed by atoms with Gasteiger partial charge in [0.2, 0.25) is 5.91 Å². The molecule has 1 aliphatic rings. The van der Waals surface area contributed by atoms with Gasteiger partial charge in [-0.05, 0) is 36.6 Å². The van der Waals surface area contributed by atoms with E-state index in [0.717, 1.165) is 21.8 Å². The molecule has 2 aromatic rings. The van der Waals surface area contributed by atoms with Crippen LogP contribution in [0.1, 0.15) is 34.4 Å². The maximum Gasteiger partial charge on any atom is 0.230 e. The molecule has 124 valence electrons. The average molecular weight is 341 g/mol. The molecule has 2 heterocycles. The van der Waals surface area contributed by atoms with E-state index in [1.165, 1.54) is 11.3 Å². The Bertz CT molecular complexity index is 822. The molecule has 0 radical (unpaired) electrons. The van der Waals surface area contributed by atoms with Crippen molar-refractivity contribution in [2.75, 3.05) is 19.4 Å². The van der Waals surface area contributed by atoms with Gasteiger partial charge in [0, 0.05) is 11.4 Å². The first-order chi connectivity index (χ1) is 11.5. The highest BCUT2D eigenvalue weighted by molar-refractivity contribution is 7.16. The number of nitrogens with two attached hydrogens (primary N) is 1. The van der Waals surface area contributed by atoms with E-state index in [1.807, 2.05) is 36.1 Å². The molecule has 5 nitrogen and oxygen atoms in total.